The predicted molar refractivity (Wildman–Crippen MR) is 75.0 cm³/mol. The molecule has 0 aromatic rings. The van der Waals surface area contributed by atoms with Gasteiger partial charge in [-0.25, -0.2) is 9.59 Å². The van der Waals surface area contributed by atoms with Gasteiger partial charge in [-0.15, -0.1) is 11.6 Å². The van der Waals surface area contributed by atoms with Crippen LogP contribution in [-0.2, 0) is 19.1 Å². The lowest BCUT2D eigenvalue weighted by atomic mass is 9.98. The first kappa shape index (κ1) is 17.7. The Kier molecular flexibility index (Phi) is 11.0. The highest BCUT2D eigenvalue weighted by atomic mass is 35.5. The fraction of sp³-hybridized carbons (Fsp3) is 0.571. The average molecular weight is 289 g/mol. The number of rotatable bonds is 5. The summed E-state index contributed by atoms with van der Waals surface area (Å²) in [6, 6.07) is 0. The van der Waals surface area contributed by atoms with Crippen LogP contribution in [0.3, 0.4) is 0 Å². The van der Waals surface area contributed by atoms with E-state index < -0.39 is 5.97 Å². The molecule has 19 heavy (non-hydrogen) atoms. The van der Waals surface area contributed by atoms with E-state index in [2.05, 4.69) is 17.9 Å². The molecular weight excluding hydrogens is 268 g/mol. The maximum atomic E-state index is 10.7. The molecule has 0 unspecified atom stereocenters. The third kappa shape index (κ3) is 10.3. The number of carbonyl (C=O) groups is 2. The summed E-state index contributed by atoms with van der Waals surface area (Å²) in [6.45, 7) is 6.80. The Morgan fingerprint density at radius 1 is 1.11 bits per heavy atom. The van der Waals surface area contributed by atoms with Crippen molar-refractivity contribution in [1.82, 2.24) is 0 Å². The highest BCUT2D eigenvalue weighted by molar-refractivity contribution is 6.18. The van der Waals surface area contributed by atoms with Crippen molar-refractivity contribution in [2.24, 2.45) is 0 Å². The van der Waals surface area contributed by atoms with E-state index in [9.17, 15) is 9.59 Å². The first-order valence-corrected chi connectivity index (χ1v) is 6.85. The topological polar surface area (TPSA) is 52.6 Å². The molecule has 0 aromatic heterocycles. The van der Waals surface area contributed by atoms with Crippen LogP contribution in [0.25, 0.3) is 0 Å². The zero-order valence-corrected chi connectivity index (χ0v) is 11.9. The maximum absolute atomic E-state index is 10.7. The third-order valence-corrected chi connectivity index (χ3v) is 2.64. The van der Waals surface area contributed by atoms with Gasteiger partial charge in [-0.05, 0) is 25.7 Å². The van der Waals surface area contributed by atoms with Crippen molar-refractivity contribution in [3.8, 4) is 0 Å². The molecule has 5 heteroatoms. The van der Waals surface area contributed by atoms with E-state index in [1.165, 1.54) is 25.3 Å². The van der Waals surface area contributed by atoms with Crippen LogP contribution in [0.4, 0.5) is 0 Å². The lowest BCUT2D eigenvalue weighted by molar-refractivity contribution is -0.144. The van der Waals surface area contributed by atoms with E-state index in [1.807, 2.05) is 0 Å². The monoisotopic (exact) mass is 288 g/mol. The Morgan fingerprint density at radius 2 is 1.68 bits per heavy atom. The Morgan fingerprint density at radius 3 is 2.16 bits per heavy atom. The summed E-state index contributed by atoms with van der Waals surface area (Å²) in [5.41, 5.74) is 0. The van der Waals surface area contributed by atoms with E-state index in [4.69, 9.17) is 16.3 Å². The van der Waals surface area contributed by atoms with Crippen LogP contribution in [0.1, 0.15) is 32.1 Å². The van der Waals surface area contributed by atoms with Gasteiger partial charge in [-0.1, -0.05) is 19.6 Å². The minimum atomic E-state index is -0.425. The molecular formula is C14H21ClO4. The van der Waals surface area contributed by atoms with Crippen molar-refractivity contribution in [1.29, 1.82) is 0 Å². The molecule has 0 spiro atoms. The molecule has 0 atom stereocenters. The highest BCUT2D eigenvalue weighted by Crippen LogP contribution is 2.20. The quantitative estimate of drug-likeness (QED) is 0.443. The van der Waals surface area contributed by atoms with Crippen LogP contribution in [0.15, 0.2) is 25.3 Å². The molecule has 1 aliphatic rings. The normalized spacial score (nSPS) is 14.6. The summed E-state index contributed by atoms with van der Waals surface area (Å²) in [4.78, 5) is 20.9. The van der Waals surface area contributed by atoms with E-state index in [0.29, 0.717) is 5.88 Å². The summed E-state index contributed by atoms with van der Waals surface area (Å²) in [5, 5.41) is 0. The molecule has 0 saturated heterocycles. The smallest absolute Gasteiger partial charge is 0.330 e. The predicted octanol–water partition coefficient (Wildman–Crippen LogP) is 3.00. The Labute approximate surface area is 119 Å². The second kappa shape index (κ2) is 11.8. The molecule has 1 rings (SSSR count). The SMILES string of the molecule is C=CC(=O)OC1CCCCC1.C=CC(=O)OCCCl. The minimum Gasteiger partial charge on any atom is -0.461 e. The van der Waals surface area contributed by atoms with Crippen LogP contribution >= 0.6 is 11.6 Å². The number of ether oxygens (including phenoxy) is 2. The van der Waals surface area contributed by atoms with Gasteiger partial charge in [0.1, 0.15) is 12.7 Å². The van der Waals surface area contributed by atoms with Crippen molar-refractivity contribution in [2.75, 3.05) is 12.5 Å². The van der Waals surface area contributed by atoms with E-state index in [0.717, 1.165) is 18.9 Å². The molecule has 0 aromatic carbocycles. The van der Waals surface area contributed by atoms with Crippen molar-refractivity contribution in [3.05, 3.63) is 25.3 Å². The number of hydrogen-bond acceptors (Lipinski definition) is 4. The van der Waals surface area contributed by atoms with Crippen LogP contribution in [0, 0.1) is 0 Å². The number of alkyl halides is 1. The molecule has 1 aliphatic carbocycles. The van der Waals surface area contributed by atoms with Crippen LogP contribution in [0.5, 0.6) is 0 Å². The van der Waals surface area contributed by atoms with Gasteiger partial charge in [0.15, 0.2) is 0 Å². The van der Waals surface area contributed by atoms with E-state index in [1.54, 1.807) is 0 Å². The molecule has 0 aliphatic heterocycles. The van der Waals surface area contributed by atoms with Gasteiger partial charge in [0.2, 0.25) is 0 Å². The van der Waals surface area contributed by atoms with Gasteiger partial charge in [-0.3, -0.25) is 0 Å². The highest BCUT2D eigenvalue weighted by Gasteiger charge is 2.15. The van der Waals surface area contributed by atoms with Crippen molar-refractivity contribution >= 4 is 23.5 Å². The van der Waals surface area contributed by atoms with Crippen molar-refractivity contribution in [3.63, 3.8) is 0 Å². The maximum Gasteiger partial charge on any atom is 0.330 e. The largest absolute Gasteiger partial charge is 0.461 e. The molecule has 0 bridgehead atoms. The fourth-order valence-corrected chi connectivity index (χ4v) is 1.67. The van der Waals surface area contributed by atoms with Crippen molar-refractivity contribution < 1.29 is 19.1 Å². The van der Waals surface area contributed by atoms with Gasteiger partial charge in [0.25, 0.3) is 0 Å². The third-order valence-electron chi connectivity index (χ3n) is 2.49. The molecule has 0 heterocycles. The van der Waals surface area contributed by atoms with E-state index in [-0.39, 0.29) is 18.7 Å². The second-order valence-electron chi connectivity index (χ2n) is 3.96. The molecule has 4 nitrogen and oxygen atoms in total. The average Bonchev–Trinajstić information content (AvgIpc) is 2.46. The lowest BCUT2D eigenvalue weighted by Gasteiger charge is -2.20. The first-order chi connectivity index (χ1) is 9.13. The first-order valence-electron chi connectivity index (χ1n) is 6.32. The molecule has 0 amide bonds. The van der Waals surface area contributed by atoms with Crippen molar-refractivity contribution in [2.45, 2.75) is 38.2 Å². The van der Waals surface area contributed by atoms with Gasteiger partial charge in [0, 0.05) is 12.2 Å². The number of carbonyl (C=O) groups excluding carboxylic acids is 2. The summed E-state index contributed by atoms with van der Waals surface area (Å²) in [6.07, 6.45) is 8.21. The Bertz CT molecular complexity index is 296. The second-order valence-corrected chi connectivity index (χ2v) is 4.34. The van der Waals surface area contributed by atoms with Gasteiger partial charge in [-0.2, -0.15) is 0 Å². The molecule has 0 N–H and O–H groups in total. The van der Waals surface area contributed by atoms with Gasteiger partial charge >= 0.3 is 11.9 Å². The zero-order valence-electron chi connectivity index (χ0n) is 11.1. The molecule has 108 valence electrons. The molecule has 1 fully saturated rings. The van der Waals surface area contributed by atoms with Gasteiger partial charge in [0.05, 0.1) is 5.88 Å². The molecule has 1 saturated carbocycles. The van der Waals surface area contributed by atoms with Crippen LogP contribution < -0.4 is 0 Å². The van der Waals surface area contributed by atoms with Crippen LogP contribution in [-0.4, -0.2) is 30.5 Å². The zero-order chi connectivity index (χ0) is 14.5. The minimum absolute atomic E-state index is 0.161. The van der Waals surface area contributed by atoms with E-state index >= 15 is 0 Å². The summed E-state index contributed by atoms with van der Waals surface area (Å²) in [7, 11) is 0. The Balaban J connectivity index is 0.000000362. The van der Waals surface area contributed by atoms with Crippen LogP contribution in [0.2, 0.25) is 0 Å². The lowest BCUT2D eigenvalue weighted by Crippen LogP contribution is -2.19. The standard InChI is InChI=1S/C9H14O2.C5H7ClO2/c1-2-9(10)11-8-6-4-3-5-7-8;1-2-5(7)8-4-3-6/h2,8H,1,3-7H2;2H,1,3-4H2. The number of esters is 2. The number of halogens is 1. The number of hydrogen-bond donors (Lipinski definition) is 0. The summed E-state index contributed by atoms with van der Waals surface area (Å²) >= 11 is 5.19. The summed E-state index contributed by atoms with van der Waals surface area (Å²) in [5.74, 6) is -0.373. The Hall–Kier alpha value is -1.29. The molecule has 0 radical (unpaired) electrons. The van der Waals surface area contributed by atoms with Gasteiger partial charge < -0.3 is 9.47 Å². The fourth-order valence-electron chi connectivity index (χ4n) is 1.59. The summed E-state index contributed by atoms with van der Waals surface area (Å²) < 4.78 is 9.53.